The van der Waals surface area contributed by atoms with Gasteiger partial charge in [0.25, 0.3) is 5.56 Å². The number of amides is 1. The van der Waals surface area contributed by atoms with Crippen molar-refractivity contribution in [2.24, 2.45) is 0 Å². The summed E-state index contributed by atoms with van der Waals surface area (Å²) in [7, 11) is 0. The summed E-state index contributed by atoms with van der Waals surface area (Å²) >= 11 is 0. The van der Waals surface area contributed by atoms with Crippen molar-refractivity contribution < 1.29 is 4.79 Å². The number of benzene rings is 1. The van der Waals surface area contributed by atoms with E-state index in [9.17, 15) is 9.59 Å². The Bertz CT molecular complexity index is 1540. The zero-order valence-electron chi connectivity index (χ0n) is 20.8. The van der Waals surface area contributed by atoms with Gasteiger partial charge in [0.15, 0.2) is 5.82 Å². The second kappa shape index (κ2) is 8.33. The third-order valence-electron chi connectivity index (χ3n) is 7.48. The highest BCUT2D eigenvalue weighted by molar-refractivity contribution is 5.82. The lowest BCUT2D eigenvalue weighted by Gasteiger charge is -2.16. The van der Waals surface area contributed by atoms with Crippen LogP contribution in [0.1, 0.15) is 59.1 Å². The Kier molecular flexibility index (Phi) is 5.21. The summed E-state index contributed by atoms with van der Waals surface area (Å²) in [5, 5.41) is 7.27. The number of H-pyrrole nitrogens is 1. The summed E-state index contributed by atoms with van der Waals surface area (Å²) in [6.45, 7) is 6.94. The van der Waals surface area contributed by atoms with Gasteiger partial charge in [-0.05, 0) is 57.7 Å². The van der Waals surface area contributed by atoms with Gasteiger partial charge in [0, 0.05) is 52.3 Å². The van der Waals surface area contributed by atoms with Crippen molar-refractivity contribution >= 4 is 22.6 Å². The molecule has 1 aromatic carbocycles. The summed E-state index contributed by atoms with van der Waals surface area (Å²) < 4.78 is 1.68. The topological polar surface area (TPSA) is 105 Å². The van der Waals surface area contributed by atoms with Crippen LogP contribution >= 0.6 is 0 Å². The summed E-state index contributed by atoms with van der Waals surface area (Å²) in [5.74, 6) is 0.147. The third-order valence-corrected chi connectivity index (χ3v) is 7.48. The van der Waals surface area contributed by atoms with E-state index in [4.69, 9.17) is 0 Å². The first-order valence-corrected chi connectivity index (χ1v) is 12.5. The molecule has 0 saturated heterocycles. The molecule has 1 amide bonds. The predicted octanol–water partition coefficient (Wildman–Crippen LogP) is 3.95. The lowest BCUT2D eigenvalue weighted by molar-refractivity contribution is -0.124. The molecule has 1 fully saturated rings. The van der Waals surface area contributed by atoms with Gasteiger partial charge in [0.1, 0.15) is 6.04 Å². The van der Waals surface area contributed by atoms with Crippen LogP contribution in [0.25, 0.3) is 10.9 Å². The van der Waals surface area contributed by atoms with Crippen molar-refractivity contribution in [3.05, 3.63) is 86.9 Å². The maximum atomic E-state index is 13.5. The summed E-state index contributed by atoms with van der Waals surface area (Å²) in [5.41, 5.74) is 6.86. The third kappa shape index (κ3) is 3.96. The van der Waals surface area contributed by atoms with Gasteiger partial charge in [-0.1, -0.05) is 29.3 Å². The van der Waals surface area contributed by atoms with Crippen LogP contribution in [-0.2, 0) is 23.3 Å². The number of hydrogen-bond donors (Lipinski definition) is 3. The van der Waals surface area contributed by atoms with E-state index in [1.807, 2.05) is 25.3 Å². The molecular weight excluding hydrogens is 452 g/mol. The van der Waals surface area contributed by atoms with E-state index in [2.05, 4.69) is 57.6 Å². The van der Waals surface area contributed by atoms with E-state index >= 15 is 0 Å². The monoisotopic (exact) mass is 482 g/mol. The Morgan fingerprint density at radius 3 is 2.58 bits per heavy atom. The molecule has 1 spiro atoms. The van der Waals surface area contributed by atoms with E-state index < -0.39 is 6.04 Å². The number of rotatable bonds is 6. The lowest BCUT2D eigenvalue weighted by atomic mass is 9.99. The SMILES string of the molecule is Cc1cc(C)cc(CNc2ncc3n(c2=O)[C@H](C(=O)NCc2cc4cnc(C)cc4[nH]2)CC32CC2)c1. The van der Waals surface area contributed by atoms with Crippen LogP contribution in [0.4, 0.5) is 5.82 Å². The van der Waals surface area contributed by atoms with Gasteiger partial charge in [-0.3, -0.25) is 19.1 Å². The Morgan fingerprint density at radius 1 is 1.06 bits per heavy atom. The minimum atomic E-state index is -0.534. The number of pyridine rings is 1. The van der Waals surface area contributed by atoms with Crippen LogP contribution < -0.4 is 16.2 Å². The second-order valence-corrected chi connectivity index (χ2v) is 10.4. The molecule has 1 aliphatic carbocycles. The maximum Gasteiger partial charge on any atom is 0.294 e. The number of carbonyl (C=O) groups excluding carboxylic acids is 1. The number of anilines is 1. The Balaban J connectivity index is 1.22. The van der Waals surface area contributed by atoms with E-state index in [0.29, 0.717) is 19.5 Å². The number of carbonyl (C=O) groups is 1. The Morgan fingerprint density at radius 2 is 1.83 bits per heavy atom. The molecule has 36 heavy (non-hydrogen) atoms. The number of aryl methyl sites for hydroxylation is 3. The quantitative estimate of drug-likeness (QED) is 0.386. The lowest BCUT2D eigenvalue weighted by Crippen LogP contribution is -2.36. The molecule has 184 valence electrons. The van der Waals surface area contributed by atoms with Crippen molar-refractivity contribution in [3.63, 3.8) is 0 Å². The maximum absolute atomic E-state index is 13.5. The van der Waals surface area contributed by atoms with E-state index in [1.165, 1.54) is 11.1 Å². The summed E-state index contributed by atoms with van der Waals surface area (Å²) in [6.07, 6.45) is 6.24. The molecule has 0 bridgehead atoms. The minimum absolute atomic E-state index is 0.0926. The Labute approximate surface area is 209 Å². The van der Waals surface area contributed by atoms with Crippen molar-refractivity contribution in [1.29, 1.82) is 0 Å². The highest BCUT2D eigenvalue weighted by atomic mass is 16.2. The molecule has 1 aliphatic heterocycles. The van der Waals surface area contributed by atoms with Crippen molar-refractivity contribution in [2.45, 2.75) is 64.6 Å². The van der Waals surface area contributed by atoms with Gasteiger partial charge in [-0.25, -0.2) is 4.98 Å². The fourth-order valence-corrected chi connectivity index (χ4v) is 5.62. The fraction of sp³-hybridized carbons (Fsp3) is 0.357. The van der Waals surface area contributed by atoms with Gasteiger partial charge >= 0.3 is 0 Å². The van der Waals surface area contributed by atoms with Crippen molar-refractivity contribution in [2.75, 3.05) is 5.32 Å². The smallest absolute Gasteiger partial charge is 0.294 e. The molecule has 6 rings (SSSR count). The number of nitrogens with one attached hydrogen (secondary N) is 3. The molecule has 8 nitrogen and oxygen atoms in total. The fourth-order valence-electron chi connectivity index (χ4n) is 5.62. The highest BCUT2D eigenvalue weighted by Crippen LogP contribution is 2.57. The molecule has 4 aromatic rings. The van der Waals surface area contributed by atoms with Crippen molar-refractivity contribution in [3.8, 4) is 0 Å². The second-order valence-electron chi connectivity index (χ2n) is 10.4. The normalized spacial score (nSPS) is 17.4. The number of hydrogen-bond acceptors (Lipinski definition) is 5. The van der Waals surface area contributed by atoms with Gasteiger partial charge in [0.05, 0.1) is 6.54 Å². The van der Waals surface area contributed by atoms with Gasteiger partial charge in [0.2, 0.25) is 5.91 Å². The van der Waals surface area contributed by atoms with Crippen LogP contribution in [0.15, 0.2) is 47.5 Å². The molecule has 2 aliphatic rings. The molecule has 3 N–H and O–H groups in total. The number of aromatic nitrogens is 4. The largest absolute Gasteiger partial charge is 0.361 e. The van der Waals surface area contributed by atoms with Crippen molar-refractivity contribution in [1.82, 2.24) is 24.8 Å². The van der Waals surface area contributed by atoms with Crippen LogP contribution in [0.3, 0.4) is 0 Å². The molecule has 3 aromatic heterocycles. The zero-order valence-corrected chi connectivity index (χ0v) is 20.8. The molecule has 0 radical (unpaired) electrons. The van der Waals surface area contributed by atoms with Crippen LogP contribution in [0, 0.1) is 20.8 Å². The Hall–Kier alpha value is -3.94. The molecule has 1 atom stereocenters. The number of fused-ring (bicyclic) bond motifs is 3. The van der Waals surface area contributed by atoms with Gasteiger partial charge in [-0.15, -0.1) is 0 Å². The predicted molar refractivity (Wildman–Crippen MR) is 139 cm³/mol. The van der Waals surface area contributed by atoms with Gasteiger partial charge < -0.3 is 15.6 Å². The van der Waals surface area contributed by atoms with E-state index in [0.717, 1.165) is 46.4 Å². The van der Waals surface area contributed by atoms with Gasteiger partial charge in [-0.2, -0.15) is 0 Å². The molecular formula is C28H30N6O2. The average Bonchev–Trinajstić information content (AvgIpc) is 3.37. The number of nitrogens with zero attached hydrogens (tertiary/aromatic N) is 3. The number of aromatic amines is 1. The zero-order chi connectivity index (χ0) is 25.0. The summed E-state index contributed by atoms with van der Waals surface area (Å²) in [6, 6.07) is 9.78. The highest BCUT2D eigenvalue weighted by Gasteiger charge is 2.55. The minimum Gasteiger partial charge on any atom is -0.361 e. The first-order chi connectivity index (χ1) is 17.3. The first-order valence-electron chi connectivity index (χ1n) is 12.5. The molecule has 4 heterocycles. The molecule has 8 heteroatoms. The first kappa shape index (κ1) is 22.5. The average molecular weight is 483 g/mol. The molecule has 0 unspecified atom stereocenters. The van der Waals surface area contributed by atoms with Crippen LogP contribution in [-0.4, -0.2) is 25.4 Å². The standard InChI is InChI=1S/C28H30N6O2/c1-16-6-17(2)8-19(7-16)12-30-25-27(36)34-23(11-28(4-5-28)24(34)15-31-25)26(35)32-14-21-10-20-13-29-18(3)9-22(20)33-21/h6-10,13,15,23,33H,4-5,11-12,14H2,1-3H3,(H,30,31)(H,32,35)/t23-/m0/s1. The van der Waals surface area contributed by atoms with Crippen LogP contribution in [0.5, 0.6) is 0 Å². The van der Waals surface area contributed by atoms with Crippen LogP contribution in [0.2, 0.25) is 0 Å². The van der Waals surface area contributed by atoms with E-state index in [-0.39, 0.29) is 22.7 Å². The van der Waals surface area contributed by atoms with E-state index in [1.54, 1.807) is 10.8 Å². The summed E-state index contributed by atoms with van der Waals surface area (Å²) in [4.78, 5) is 39.0. The molecule has 1 saturated carbocycles.